The topological polar surface area (TPSA) is 66.4 Å². The number of carboxylic acid groups (broad SMARTS) is 1. The van der Waals surface area contributed by atoms with Gasteiger partial charge >= 0.3 is 5.97 Å². The van der Waals surface area contributed by atoms with Crippen molar-refractivity contribution < 1.29 is 23.5 Å². The Hall–Kier alpha value is -1.98. The quantitative estimate of drug-likeness (QED) is 0.775. The van der Waals surface area contributed by atoms with E-state index in [9.17, 15) is 18.4 Å². The summed E-state index contributed by atoms with van der Waals surface area (Å²) in [4.78, 5) is 22.8. The van der Waals surface area contributed by atoms with E-state index in [-0.39, 0.29) is 24.3 Å². The van der Waals surface area contributed by atoms with Crippen LogP contribution in [-0.4, -0.2) is 23.0 Å². The minimum Gasteiger partial charge on any atom is -0.480 e. The van der Waals surface area contributed by atoms with Crippen LogP contribution in [0, 0.1) is 17.6 Å². The maximum absolute atomic E-state index is 13.4. The van der Waals surface area contributed by atoms with Crippen molar-refractivity contribution in [2.75, 3.05) is 0 Å². The zero-order valence-electron chi connectivity index (χ0n) is 12.7. The smallest absolute Gasteiger partial charge is 0.326 e. The first kappa shape index (κ1) is 18.1. The Bertz CT molecular complexity index is 532. The molecule has 0 aliphatic carbocycles. The summed E-state index contributed by atoms with van der Waals surface area (Å²) in [5, 5.41) is 11.5. The number of rotatable bonds is 8. The fraction of sp³-hybridized carbons (Fsp3) is 0.500. The average molecular weight is 313 g/mol. The molecule has 0 saturated carbocycles. The van der Waals surface area contributed by atoms with Crippen LogP contribution in [0.1, 0.15) is 38.7 Å². The number of carbonyl (C=O) groups is 2. The van der Waals surface area contributed by atoms with Gasteiger partial charge in [0, 0.05) is 6.42 Å². The first-order chi connectivity index (χ1) is 10.3. The Morgan fingerprint density at radius 2 is 1.95 bits per heavy atom. The SMILES string of the molecule is CC(C)CC(NC(=O)CCCc1cc(F)ccc1F)C(=O)O. The lowest BCUT2D eigenvalue weighted by Gasteiger charge is -2.16. The Labute approximate surface area is 128 Å². The van der Waals surface area contributed by atoms with E-state index in [0.717, 1.165) is 18.2 Å². The monoisotopic (exact) mass is 313 g/mol. The molecule has 1 unspecified atom stereocenters. The fourth-order valence-corrected chi connectivity index (χ4v) is 2.13. The second-order valence-electron chi connectivity index (χ2n) is 5.68. The molecule has 0 spiro atoms. The Balaban J connectivity index is 2.45. The first-order valence-electron chi connectivity index (χ1n) is 7.25. The van der Waals surface area contributed by atoms with Gasteiger partial charge in [0.25, 0.3) is 0 Å². The molecule has 1 aromatic rings. The summed E-state index contributed by atoms with van der Waals surface area (Å²) in [6.07, 6.45) is 0.955. The maximum atomic E-state index is 13.4. The van der Waals surface area contributed by atoms with Crippen LogP contribution in [0.5, 0.6) is 0 Å². The Morgan fingerprint density at radius 3 is 2.55 bits per heavy atom. The number of amides is 1. The maximum Gasteiger partial charge on any atom is 0.326 e. The Morgan fingerprint density at radius 1 is 1.27 bits per heavy atom. The molecule has 0 saturated heterocycles. The second-order valence-corrected chi connectivity index (χ2v) is 5.68. The van der Waals surface area contributed by atoms with Crippen molar-refractivity contribution in [3.8, 4) is 0 Å². The van der Waals surface area contributed by atoms with Gasteiger partial charge in [-0.3, -0.25) is 4.79 Å². The molecule has 0 heterocycles. The van der Waals surface area contributed by atoms with Crippen LogP contribution in [0.15, 0.2) is 18.2 Å². The number of hydrogen-bond donors (Lipinski definition) is 2. The van der Waals surface area contributed by atoms with E-state index in [1.807, 2.05) is 13.8 Å². The highest BCUT2D eigenvalue weighted by atomic mass is 19.1. The predicted octanol–water partition coefficient (Wildman–Crippen LogP) is 2.90. The van der Waals surface area contributed by atoms with Crippen LogP contribution >= 0.6 is 0 Å². The van der Waals surface area contributed by atoms with Crippen molar-refractivity contribution in [2.45, 2.75) is 45.6 Å². The summed E-state index contributed by atoms with van der Waals surface area (Å²) >= 11 is 0. The highest BCUT2D eigenvalue weighted by Crippen LogP contribution is 2.13. The number of hydrogen-bond acceptors (Lipinski definition) is 2. The third-order valence-corrected chi connectivity index (χ3v) is 3.20. The first-order valence-corrected chi connectivity index (χ1v) is 7.25. The molecule has 1 rings (SSSR count). The molecule has 6 heteroatoms. The number of aliphatic carboxylic acids is 1. The highest BCUT2D eigenvalue weighted by Gasteiger charge is 2.20. The predicted molar refractivity (Wildman–Crippen MR) is 78.3 cm³/mol. The van der Waals surface area contributed by atoms with Gasteiger partial charge in [-0.1, -0.05) is 13.8 Å². The number of nitrogens with one attached hydrogen (secondary N) is 1. The number of carbonyl (C=O) groups excluding carboxylic acids is 1. The summed E-state index contributed by atoms with van der Waals surface area (Å²) in [5.74, 6) is -2.36. The summed E-state index contributed by atoms with van der Waals surface area (Å²) in [6.45, 7) is 3.74. The van der Waals surface area contributed by atoms with Crippen molar-refractivity contribution in [1.82, 2.24) is 5.32 Å². The van der Waals surface area contributed by atoms with E-state index in [2.05, 4.69) is 5.32 Å². The molecule has 0 aromatic heterocycles. The van der Waals surface area contributed by atoms with Crippen LogP contribution in [0.3, 0.4) is 0 Å². The lowest BCUT2D eigenvalue weighted by Crippen LogP contribution is -2.41. The highest BCUT2D eigenvalue weighted by molar-refractivity contribution is 5.83. The molecule has 2 N–H and O–H groups in total. The van der Waals surface area contributed by atoms with Crippen LogP contribution < -0.4 is 5.32 Å². The largest absolute Gasteiger partial charge is 0.480 e. The van der Waals surface area contributed by atoms with Gasteiger partial charge < -0.3 is 10.4 Å². The van der Waals surface area contributed by atoms with Crippen molar-refractivity contribution in [3.63, 3.8) is 0 Å². The summed E-state index contributed by atoms with van der Waals surface area (Å²) in [6, 6.07) is 2.27. The summed E-state index contributed by atoms with van der Waals surface area (Å²) in [7, 11) is 0. The van der Waals surface area contributed by atoms with Gasteiger partial charge in [-0.25, -0.2) is 13.6 Å². The summed E-state index contributed by atoms with van der Waals surface area (Å²) < 4.78 is 26.4. The number of halogens is 2. The van der Waals surface area contributed by atoms with Crippen molar-refractivity contribution in [2.24, 2.45) is 5.92 Å². The molecule has 0 radical (unpaired) electrons. The minimum atomic E-state index is -1.07. The van der Waals surface area contributed by atoms with Crippen LogP contribution in [0.4, 0.5) is 8.78 Å². The molecule has 0 aliphatic rings. The van der Waals surface area contributed by atoms with Gasteiger partial charge in [-0.2, -0.15) is 0 Å². The van der Waals surface area contributed by atoms with Gasteiger partial charge in [0.05, 0.1) is 0 Å². The normalized spacial score (nSPS) is 12.2. The third-order valence-electron chi connectivity index (χ3n) is 3.20. The van der Waals surface area contributed by atoms with E-state index in [0.29, 0.717) is 12.8 Å². The lowest BCUT2D eigenvalue weighted by atomic mass is 10.0. The Kier molecular flexibility index (Phi) is 6.95. The molecular weight excluding hydrogens is 292 g/mol. The molecule has 0 aliphatic heterocycles. The van der Waals surface area contributed by atoms with Crippen molar-refractivity contribution in [3.05, 3.63) is 35.4 Å². The van der Waals surface area contributed by atoms with E-state index < -0.39 is 29.6 Å². The van der Waals surface area contributed by atoms with Crippen LogP contribution in [-0.2, 0) is 16.0 Å². The number of carboxylic acids is 1. The van der Waals surface area contributed by atoms with Crippen molar-refractivity contribution in [1.29, 1.82) is 0 Å². The van der Waals surface area contributed by atoms with E-state index >= 15 is 0 Å². The molecule has 1 amide bonds. The zero-order valence-corrected chi connectivity index (χ0v) is 12.7. The van der Waals surface area contributed by atoms with Gasteiger partial charge in [0.2, 0.25) is 5.91 Å². The minimum absolute atomic E-state index is 0.0673. The van der Waals surface area contributed by atoms with E-state index in [4.69, 9.17) is 5.11 Å². The van der Waals surface area contributed by atoms with Crippen molar-refractivity contribution >= 4 is 11.9 Å². The van der Waals surface area contributed by atoms with Gasteiger partial charge in [0.15, 0.2) is 0 Å². The summed E-state index contributed by atoms with van der Waals surface area (Å²) in [5.41, 5.74) is 0.213. The molecule has 0 fully saturated rings. The molecule has 4 nitrogen and oxygen atoms in total. The molecule has 122 valence electrons. The average Bonchev–Trinajstić information content (AvgIpc) is 2.41. The number of benzene rings is 1. The molecule has 1 aromatic carbocycles. The second kappa shape index (κ2) is 8.46. The van der Waals surface area contributed by atoms with E-state index in [1.54, 1.807) is 0 Å². The van der Waals surface area contributed by atoms with Gasteiger partial charge in [-0.05, 0) is 48.9 Å². The standard InChI is InChI=1S/C16H21F2NO3/c1-10(2)8-14(16(21)22)19-15(20)5-3-4-11-9-12(17)6-7-13(11)18/h6-7,9-10,14H,3-5,8H2,1-2H3,(H,19,20)(H,21,22). The number of aryl methyl sites for hydroxylation is 1. The van der Waals surface area contributed by atoms with Gasteiger partial charge in [0.1, 0.15) is 17.7 Å². The zero-order chi connectivity index (χ0) is 16.7. The lowest BCUT2D eigenvalue weighted by molar-refractivity contribution is -0.142. The van der Waals surface area contributed by atoms with Crippen LogP contribution in [0.25, 0.3) is 0 Å². The molecule has 1 atom stereocenters. The molecule has 0 bridgehead atoms. The third kappa shape index (κ3) is 6.20. The molecule has 22 heavy (non-hydrogen) atoms. The fourth-order valence-electron chi connectivity index (χ4n) is 2.13. The van der Waals surface area contributed by atoms with E-state index in [1.165, 1.54) is 0 Å². The molecular formula is C16H21F2NO3. The van der Waals surface area contributed by atoms with Gasteiger partial charge in [-0.15, -0.1) is 0 Å². The van der Waals surface area contributed by atoms with Crippen LogP contribution in [0.2, 0.25) is 0 Å².